The van der Waals surface area contributed by atoms with Crippen LogP contribution in [0.4, 0.5) is 0 Å². The number of carbonyl (C=O) groups is 1. The molecule has 1 aromatic carbocycles. The largest absolute Gasteiger partial charge is 0.349 e. The summed E-state index contributed by atoms with van der Waals surface area (Å²) in [5, 5.41) is 2.97. The minimum atomic E-state index is -0.106. The molecule has 1 N–H and O–H groups in total. The molecule has 0 radical (unpaired) electrons. The van der Waals surface area contributed by atoms with E-state index >= 15 is 0 Å². The Hall–Kier alpha value is -0.350. The van der Waals surface area contributed by atoms with Crippen molar-refractivity contribution in [2.45, 2.75) is 31.1 Å². The Labute approximate surface area is 113 Å². The summed E-state index contributed by atoms with van der Waals surface area (Å²) in [6.07, 6.45) is 0.791. The highest BCUT2D eigenvalue weighted by Crippen LogP contribution is 2.17. The summed E-state index contributed by atoms with van der Waals surface area (Å²) in [5.74, 6) is 0.0397. The van der Waals surface area contributed by atoms with Gasteiger partial charge in [0.2, 0.25) is 5.91 Å². The van der Waals surface area contributed by atoms with Crippen molar-refractivity contribution in [3.63, 3.8) is 0 Å². The molecule has 0 bridgehead atoms. The maximum Gasteiger partial charge on any atom is 0.234 e. The van der Waals surface area contributed by atoms with Crippen LogP contribution in [0.2, 0.25) is 0 Å². The first-order valence-electron chi connectivity index (χ1n) is 5.24. The lowest BCUT2D eigenvalue weighted by Gasteiger charge is -2.16. The third-order valence-electron chi connectivity index (χ3n) is 2.37. The summed E-state index contributed by atoms with van der Waals surface area (Å²) < 4.78 is 1.04. The zero-order chi connectivity index (χ0) is 12.1. The monoisotopic (exact) mass is 347 g/mol. The minimum absolute atomic E-state index is 0.0344. The molecule has 0 aromatic heterocycles. The molecule has 0 aliphatic rings. The molecular weight excluding hydrogens is 334 g/mol. The fourth-order valence-electron chi connectivity index (χ4n) is 1.32. The van der Waals surface area contributed by atoms with Gasteiger partial charge in [0.1, 0.15) is 0 Å². The van der Waals surface area contributed by atoms with Crippen LogP contribution >= 0.6 is 31.9 Å². The molecule has 1 unspecified atom stereocenters. The summed E-state index contributed by atoms with van der Waals surface area (Å²) in [5.41, 5.74) is 1.10. The van der Waals surface area contributed by atoms with E-state index in [1.165, 1.54) is 0 Å². The van der Waals surface area contributed by atoms with Crippen molar-refractivity contribution in [2.24, 2.45) is 0 Å². The van der Waals surface area contributed by atoms with Gasteiger partial charge in [-0.15, -0.1) is 0 Å². The average molecular weight is 349 g/mol. The number of hydrogen-bond acceptors (Lipinski definition) is 1. The van der Waals surface area contributed by atoms with Crippen LogP contribution in [-0.4, -0.2) is 10.7 Å². The lowest BCUT2D eigenvalue weighted by atomic mass is 10.1. The van der Waals surface area contributed by atoms with E-state index < -0.39 is 0 Å². The van der Waals surface area contributed by atoms with Crippen LogP contribution in [0.1, 0.15) is 31.9 Å². The first-order valence-corrected chi connectivity index (χ1v) is 6.95. The zero-order valence-electron chi connectivity index (χ0n) is 9.34. The standard InChI is InChI=1S/C12H15Br2NO/c1-3-11(14)12(16)15-8(2)9-4-6-10(13)7-5-9/h4-8,11H,3H2,1-2H3,(H,15,16)/t8-,11?/m1/s1. The molecule has 1 aromatic rings. The lowest BCUT2D eigenvalue weighted by Crippen LogP contribution is -2.32. The average Bonchev–Trinajstić information content (AvgIpc) is 2.28. The van der Waals surface area contributed by atoms with Crippen molar-refractivity contribution in [1.82, 2.24) is 5.32 Å². The Kier molecular flexibility index (Phi) is 5.49. The lowest BCUT2D eigenvalue weighted by molar-refractivity contribution is -0.121. The Bertz CT molecular complexity index is 351. The molecule has 1 amide bonds. The summed E-state index contributed by atoms with van der Waals surface area (Å²) in [6, 6.07) is 7.99. The molecular formula is C12H15Br2NO. The van der Waals surface area contributed by atoms with E-state index in [-0.39, 0.29) is 16.8 Å². The van der Waals surface area contributed by atoms with E-state index in [1.807, 2.05) is 38.1 Å². The number of halogens is 2. The van der Waals surface area contributed by atoms with Crippen molar-refractivity contribution in [3.8, 4) is 0 Å². The third-order valence-corrected chi connectivity index (χ3v) is 3.96. The fourth-order valence-corrected chi connectivity index (χ4v) is 1.72. The Morgan fingerprint density at radius 2 is 1.94 bits per heavy atom. The molecule has 0 heterocycles. The molecule has 16 heavy (non-hydrogen) atoms. The molecule has 88 valence electrons. The number of hydrogen-bond donors (Lipinski definition) is 1. The van der Waals surface area contributed by atoms with E-state index in [1.54, 1.807) is 0 Å². The van der Waals surface area contributed by atoms with Gasteiger partial charge in [-0.25, -0.2) is 0 Å². The molecule has 1 rings (SSSR count). The van der Waals surface area contributed by atoms with E-state index in [0.29, 0.717) is 0 Å². The normalized spacial score (nSPS) is 14.2. The minimum Gasteiger partial charge on any atom is -0.349 e. The van der Waals surface area contributed by atoms with E-state index in [2.05, 4.69) is 37.2 Å². The predicted octanol–water partition coefficient (Wildman–Crippen LogP) is 3.80. The van der Waals surface area contributed by atoms with Crippen LogP contribution in [-0.2, 0) is 4.79 Å². The van der Waals surface area contributed by atoms with Crippen molar-refractivity contribution in [3.05, 3.63) is 34.3 Å². The number of nitrogens with one attached hydrogen (secondary N) is 1. The maximum atomic E-state index is 11.7. The quantitative estimate of drug-likeness (QED) is 0.824. The molecule has 0 spiro atoms. The van der Waals surface area contributed by atoms with Crippen LogP contribution in [0.25, 0.3) is 0 Å². The predicted molar refractivity (Wildman–Crippen MR) is 73.7 cm³/mol. The molecule has 4 heteroatoms. The van der Waals surface area contributed by atoms with Crippen molar-refractivity contribution >= 4 is 37.8 Å². The summed E-state index contributed by atoms with van der Waals surface area (Å²) in [4.78, 5) is 11.6. The summed E-state index contributed by atoms with van der Waals surface area (Å²) in [7, 11) is 0. The summed E-state index contributed by atoms with van der Waals surface area (Å²) in [6.45, 7) is 3.96. The molecule has 0 saturated heterocycles. The van der Waals surface area contributed by atoms with Gasteiger partial charge < -0.3 is 5.32 Å². The highest BCUT2D eigenvalue weighted by molar-refractivity contribution is 9.10. The second-order valence-corrected chi connectivity index (χ2v) is 5.68. The topological polar surface area (TPSA) is 29.1 Å². The molecule has 0 aliphatic carbocycles. The number of amides is 1. The van der Waals surface area contributed by atoms with Gasteiger partial charge in [0.15, 0.2) is 0 Å². The van der Waals surface area contributed by atoms with Crippen molar-refractivity contribution < 1.29 is 4.79 Å². The second kappa shape index (κ2) is 6.40. The van der Waals surface area contributed by atoms with Crippen LogP contribution in [0.15, 0.2) is 28.7 Å². The van der Waals surface area contributed by atoms with Crippen LogP contribution < -0.4 is 5.32 Å². The number of rotatable bonds is 4. The molecule has 2 nitrogen and oxygen atoms in total. The van der Waals surface area contributed by atoms with Gasteiger partial charge in [0, 0.05) is 4.47 Å². The van der Waals surface area contributed by atoms with Gasteiger partial charge in [-0.2, -0.15) is 0 Å². The van der Waals surface area contributed by atoms with Crippen molar-refractivity contribution in [2.75, 3.05) is 0 Å². The van der Waals surface area contributed by atoms with Crippen molar-refractivity contribution in [1.29, 1.82) is 0 Å². The fraction of sp³-hybridized carbons (Fsp3) is 0.417. The highest BCUT2D eigenvalue weighted by Gasteiger charge is 2.15. The van der Waals surface area contributed by atoms with Gasteiger partial charge in [0.05, 0.1) is 10.9 Å². The highest BCUT2D eigenvalue weighted by atomic mass is 79.9. The van der Waals surface area contributed by atoms with Gasteiger partial charge >= 0.3 is 0 Å². The second-order valence-electron chi connectivity index (χ2n) is 3.66. The van der Waals surface area contributed by atoms with Crippen LogP contribution in [0, 0.1) is 0 Å². The molecule has 0 saturated carbocycles. The first kappa shape index (κ1) is 13.7. The van der Waals surface area contributed by atoms with Gasteiger partial charge in [-0.3, -0.25) is 4.79 Å². The third kappa shape index (κ3) is 3.91. The van der Waals surface area contributed by atoms with Gasteiger partial charge in [-0.1, -0.05) is 50.9 Å². The van der Waals surface area contributed by atoms with E-state index in [0.717, 1.165) is 16.5 Å². The molecule has 2 atom stereocenters. The zero-order valence-corrected chi connectivity index (χ0v) is 12.5. The maximum absolute atomic E-state index is 11.7. The van der Waals surface area contributed by atoms with Crippen LogP contribution in [0.3, 0.4) is 0 Å². The summed E-state index contributed by atoms with van der Waals surface area (Å²) >= 11 is 6.72. The van der Waals surface area contributed by atoms with E-state index in [9.17, 15) is 4.79 Å². The number of benzene rings is 1. The molecule has 0 fully saturated rings. The Morgan fingerprint density at radius 1 is 1.38 bits per heavy atom. The molecule has 0 aliphatic heterocycles. The van der Waals surface area contributed by atoms with Gasteiger partial charge in [0.25, 0.3) is 0 Å². The number of alkyl halides is 1. The van der Waals surface area contributed by atoms with Gasteiger partial charge in [-0.05, 0) is 31.0 Å². The Balaban J connectivity index is 2.62. The number of carbonyl (C=O) groups excluding carboxylic acids is 1. The Morgan fingerprint density at radius 3 is 2.44 bits per heavy atom. The van der Waals surface area contributed by atoms with E-state index in [4.69, 9.17) is 0 Å². The first-order chi connectivity index (χ1) is 7.54. The smallest absolute Gasteiger partial charge is 0.234 e. The SMILES string of the molecule is CCC(Br)C(=O)N[C@H](C)c1ccc(Br)cc1. The van der Waals surface area contributed by atoms with Crippen LogP contribution in [0.5, 0.6) is 0 Å².